The molecule has 0 atom stereocenters. The van der Waals surface area contributed by atoms with Gasteiger partial charge >= 0.3 is 0 Å². The third kappa shape index (κ3) is 15.4. The standard InChI is InChI=1S/C40H71N3OS2/c1-9-11-13-15-16-17-18-19-20-21-22-23-24-25-26-28-30-45-46-38-42-41-37(43(38)29-27-14-12-10-2)33-31-34(39(3,4)5)36(44)35(32-33)40(6,7)8/h31-32,44H,9-30H2,1-8H3. The molecule has 0 unspecified atom stereocenters. The quantitative estimate of drug-likeness (QED) is 0.0839. The molecule has 4 nitrogen and oxygen atoms in total. The molecular formula is C40H71N3OS2. The highest BCUT2D eigenvalue weighted by atomic mass is 33.1. The van der Waals surface area contributed by atoms with Crippen LogP contribution in [0.4, 0.5) is 0 Å². The van der Waals surface area contributed by atoms with Crippen LogP contribution in [0.25, 0.3) is 11.4 Å². The second-order valence-corrected chi connectivity index (χ2v) is 18.0. The van der Waals surface area contributed by atoms with Gasteiger partial charge < -0.3 is 9.67 Å². The average molecular weight is 674 g/mol. The highest BCUT2D eigenvalue weighted by Gasteiger charge is 2.28. The van der Waals surface area contributed by atoms with Crippen LogP contribution >= 0.6 is 21.6 Å². The van der Waals surface area contributed by atoms with E-state index in [1.165, 1.54) is 122 Å². The van der Waals surface area contributed by atoms with Gasteiger partial charge in [-0.05, 0) is 46.6 Å². The summed E-state index contributed by atoms with van der Waals surface area (Å²) in [5.41, 5.74) is 2.66. The number of aromatic hydroxyl groups is 1. The maximum absolute atomic E-state index is 11.3. The molecule has 0 fully saturated rings. The number of benzene rings is 1. The van der Waals surface area contributed by atoms with Crippen molar-refractivity contribution in [2.24, 2.45) is 0 Å². The molecule has 1 aromatic carbocycles. The number of hydrogen-bond acceptors (Lipinski definition) is 5. The smallest absolute Gasteiger partial charge is 0.202 e. The monoisotopic (exact) mass is 674 g/mol. The zero-order valence-corrected chi connectivity index (χ0v) is 32.9. The van der Waals surface area contributed by atoms with Crippen LogP contribution in [0.5, 0.6) is 5.75 Å². The van der Waals surface area contributed by atoms with Gasteiger partial charge in [-0.25, -0.2) is 0 Å². The van der Waals surface area contributed by atoms with Crippen molar-refractivity contribution in [3.05, 3.63) is 23.3 Å². The fourth-order valence-corrected chi connectivity index (χ4v) is 8.31. The van der Waals surface area contributed by atoms with Gasteiger partial charge in [0, 0.05) is 29.0 Å². The Kier molecular flexibility index (Phi) is 20.1. The zero-order chi connectivity index (χ0) is 33.8. The van der Waals surface area contributed by atoms with Crippen LogP contribution in [-0.2, 0) is 17.4 Å². The Labute approximate surface area is 292 Å². The van der Waals surface area contributed by atoms with E-state index in [1.807, 2.05) is 10.8 Å². The maximum atomic E-state index is 11.3. The normalized spacial score (nSPS) is 12.3. The summed E-state index contributed by atoms with van der Waals surface area (Å²) in [5.74, 6) is 2.50. The highest BCUT2D eigenvalue weighted by Crippen LogP contribution is 2.42. The summed E-state index contributed by atoms with van der Waals surface area (Å²) >= 11 is 0. The molecule has 0 aliphatic carbocycles. The molecule has 0 saturated heterocycles. The molecule has 0 saturated carbocycles. The molecule has 0 aliphatic rings. The molecule has 1 N–H and O–H groups in total. The summed E-state index contributed by atoms with van der Waals surface area (Å²) in [5, 5.41) is 21.7. The van der Waals surface area contributed by atoms with E-state index in [0.717, 1.165) is 46.4 Å². The zero-order valence-electron chi connectivity index (χ0n) is 31.3. The van der Waals surface area contributed by atoms with Gasteiger partial charge in [-0.15, -0.1) is 10.2 Å². The largest absolute Gasteiger partial charge is 0.507 e. The Bertz CT molecular complexity index is 1050. The fourth-order valence-electron chi connectivity index (χ4n) is 6.17. The van der Waals surface area contributed by atoms with Crippen molar-refractivity contribution in [3.63, 3.8) is 0 Å². The molecule has 0 bridgehead atoms. The lowest BCUT2D eigenvalue weighted by Gasteiger charge is -2.28. The molecule has 2 rings (SSSR count). The minimum atomic E-state index is -0.174. The van der Waals surface area contributed by atoms with Crippen molar-refractivity contribution in [3.8, 4) is 17.1 Å². The Hall–Kier alpha value is -1.14. The lowest BCUT2D eigenvalue weighted by Crippen LogP contribution is -2.17. The minimum absolute atomic E-state index is 0.174. The van der Waals surface area contributed by atoms with Gasteiger partial charge in [0.05, 0.1) is 0 Å². The van der Waals surface area contributed by atoms with Crippen LogP contribution in [0.15, 0.2) is 17.3 Å². The molecule has 6 heteroatoms. The van der Waals surface area contributed by atoms with E-state index in [-0.39, 0.29) is 10.8 Å². The number of phenolic OH excluding ortho intramolecular Hbond substituents is 1. The van der Waals surface area contributed by atoms with Crippen molar-refractivity contribution in [2.75, 3.05) is 5.75 Å². The molecule has 0 spiro atoms. The number of rotatable bonds is 25. The molecule has 264 valence electrons. The molecule has 1 aromatic heterocycles. The Balaban J connectivity index is 1.83. The predicted octanol–water partition coefficient (Wildman–Crippen LogP) is 13.8. The maximum Gasteiger partial charge on any atom is 0.202 e. The van der Waals surface area contributed by atoms with Crippen LogP contribution in [0.1, 0.15) is 195 Å². The van der Waals surface area contributed by atoms with Gasteiger partial charge in [0.15, 0.2) is 5.82 Å². The Morgan fingerprint density at radius 3 is 1.43 bits per heavy atom. The summed E-state index contributed by atoms with van der Waals surface area (Å²) in [7, 11) is 3.72. The van der Waals surface area contributed by atoms with E-state index >= 15 is 0 Å². The first kappa shape index (κ1) is 41.0. The first-order valence-corrected chi connectivity index (χ1v) is 21.4. The molecule has 2 aromatic rings. The second-order valence-electron chi connectivity index (χ2n) is 15.6. The Morgan fingerprint density at radius 2 is 1.00 bits per heavy atom. The summed E-state index contributed by atoms with van der Waals surface area (Å²) in [6, 6.07) is 4.30. The predicted molar refractivity (Wildman–Crippen MR) is 207 cm³/mol. The van der Waals surface area contributed by atoms with Gasteiger partial charge in [0.2, 0.25) is 5.16 Å². The topological polar surface area (TPSA) is 50.9 Å². The number of aromatic nitrogens is 3. The third-order valence-corrected chi connectivity index (χ3v) is 11.5. The Morgan fingerprint density at radius 1 is 0.587 bits per heavy atom. The van der Waals surface area contributed by atoms with Crippen molar-refractivity contribution < 1.29 is 5.11 Å². The molecule has 1 heterocycles. The number of phenols is 1. The van der Waals surface area contributed by atoms with Crippen LogP contribution < -0.4 is 0 Å². The summed E-state index contributed by atoms with van der Waals surface area (Å²) < 4.78 is 2.34. The molecule has 0 amide bonds. The molecule has 46 heavy (non-hydrogen) atoms. The van der Waals surface area contributed by atoms with E-state index in [9.17, 15) is 5.11 Å². The lowest BCUT2D eigenvalue weighted by molar-refractivity contribution is 0.423. The molecular weight excluding hydrogens is 603 g/mol. The summed E-state index contributed by atoms with van der Waals surface area (Å²) in [4.78, 5) is 0. The van der Waals surface area contributed by atoms with Crippen molar-refractivity contribution in [2.45, 2.75) is 206 Å². The van der Waals surface area contributed by atoms with E-state index in [4.69, 9.17) is 10.2 Å². The van der Waals surface area contributed by atoms with E-state index in [1.54, 1.807) is 10.8 Å². The van der Waals surface area contributed by atoms with Gasteiger partial charge in [-0.3, -0.25) is 0 Å². The van der Waals surface area contributed by atoms with Crippen LogP contribution in [0.3, 0.4) is 0 Å². The van der Waals surface area contributed by atoms with Crippen LogP contribution in [0.2, 0.25) is 0 Å². The van der Waals surface area contributed by atoms with Crippen molar-refractivity contribution >= 4 is 21.6 Å². The fraction of sp³-hybridized carbons (Fsp3) is 0.800. The SMILES string of the molecule is CCCCCCCCCCCCCCCCCCSSc1nnc(-c2cc(C(C)(C)C)c(O)c(C(C)(C)C)c2)n1CCCCCC. The van der Waals surface area contributed by atoms with E-state index in [0.29, 0.717) is 5.75 Å². The average Bonchev–Trinajstić information content (AvgIpc) is 3.40. The van der Waals surface area contributed by atoms with Gasteiger partial charge in [0.25, 0.3) is 0 Å². The second kappa shape index (κ2) is 22.5. The number of hydrogen-bond donors (Lipinski definition) is 1. The highest BCUT2D eigenvalue weighted by molar-refractivity contribution is 8.76. The number of unbranched alkanes of at least 4 members (excludes halogenated alkanes) is 18. The molecule has 0 aliphatic heterocycles. The first-order valence-electron chi connectivity index (χ1n) is 19.1. The first-order chi connectivity index (χ1) is 22.0. The number of nitrogens with zero attached hydrogens (tertiary/aromatic N) is 3. The minimum Gasteiger partial charge on any atom is -0.507 e. The van der Waals surface area contributed by atoms with Crippen LogP contribution in [0, 0.1) is 0 Å². The van der Waals surface area contributed by atoms with E-state index < -0.39 is 0 Å². The van der Waals surface area contributed by atoms with Gasteiger partial charge in [0.1, 0.15) is 5.75 Å². The van der Waals surface area contributed by atoms with Crippen molar-refractivity contribution in [1.29, 1.82) is 0 Å². The molecule has 0 radical (unpaired) electrons. The van der Waals surface area contributed by atoms with Crippen LogP contribution in [-0.4, -0.2) is 25.6 Å². The lowest BCUT2D eigenvalue weighted by atomic mass is 9.78. The van der Waals surface area contributed by atoms with Gasteiger partial charge in [-0.1, -0.05) is 182 Å². The van der Waals surface area contributed by atoms with Crippen molar-refractivity contribution in [1.82, 2.24) is 14.8 Å². The van der Waals surface area contributed by atoms with E-state index in [2.05, 4.69) is 72.1 Å². The van der Waals surface area contributed by atoms with Gasteiger partial charge in [-0.2, -0.15) is 0 Å². The summed E-state index contributed by atoms with van der Waals surface area (Å²) in [6.45, 7) is 18.5. The third-order valence-electron chi connectivity index (χ3n) is 9.15. The summed E-state index contributed by atoms with van der Waals surface area (Å²) in [6.07, 6.45) is 27.4.